The van der Waals surface area contributed by atoms with Gasteiger partial charge in [-0.1, -0.05) is 0 Å². The van der Waals surface area contributed by atoms with Gasteiger partial charge in [-0.3, -0.25) is 4.90 Å². The van der Waals surface area contributed by atoms with Crippen molar-refractivity contribution < 1.29 is 13.9 Å². The van der Waals surface area contributed by atoms with Crippen LogP contribution in [0.15, 0.2) is 23.1 Å². The van der Waals surface area contributed by atoms with E-state index in [4.69, 9.17) is 9.47 Å². The number of rotatable bonds is 4. The minimum absolute atomic E-state index is 0.269. The number of thiol groups is 1. The van der Waals surface area contributed by atoms with Crippen molar-refractivity contribution in [2.75, 3.05) is 39.5 Å². The number of nitrogens with zero attached hydrogens (tertiary/aromatic N) is 1. The second kappa shape index (κ2) is 6.23. The van der Waals surface area contributed by atoms with Crippen LogP contribution in [-0.4, -0.2) is 44.4 Å². The van der Waals surface area contributed by atoms with Crippen LogP contribution in [0.3, 0.4) is 0 Å². The Morgan fingerprint density at radius 3 is 2.88 bits per heavy atom. The van der Waals surface area contributed by atoms with Crippen molar-refractivity contribution in [1.29, 1.82) is 0 Å². The van der Waals surface area contributed by atoms with Crippen molar-refractivity contribution in [2.45, 2.75) is 4.90 Å². The molecule has 1 heterocycles. The molecule has 1 aliphatic heterocycles. The van der Waals surface area contributed by atoms with E-state index in [1.165, 1.54) is 6.07 Å². The summed E-state index contributed by atoms with van der Waals surface area (Å²) in [6.07, 6.45) is 0. The van der Waals surface area contributed by atoms with Crippen LogP contribution in [0.2, 0.25) is 0 Å². The molecule has 0 radical (unpaired) electrons. The molecule has 0 bridgehead atoms. The first-order valence-electron chi connectivity index (χ1n) is 5.67. The fraction of sp³-hybridized carbons (Fsp3) is 0.500. The highest BCUT2D eigenvalue weighted by atomic mass is 32.1. The summed E-state index contributed by atoms with van der Waals surface area (Å²) in [5.41, 5.74) is 0. The zero-order chi connectivity index (χ0) is 12.1. The number of hydrogen-bond donors (Lipinski definition) is 1. The Morgan fingerprint density at radius 1 is 1.35 bits per heavy atom. The normalized spacial score (nSPS) is 17.1. The van der Waals surface area contributed by atoms with Crippen LogP contribution in [0.1, 0.15) is 0 Å². The molecule has 94 valence electrons. The summed E-state index contributed by atoms with van der Waals surface area (Å²) < 4.78 is 24.0. The van der Waals surface area contributed by atoms with Gasteiger partial charge >= 0.3 is 0 Å². The third-order valence-corrected chi connectivity index (χ3v) is 2.96. The predicted octanol–water partition coefficient (Wildman–Crippen LogP) is 1.83. The van der Waals surface area contributed by atoms with Gasteiger partial charge in [-0.25, -0.2) is 4.39 Å². The van der Waals surface area contributed by atoms with Crippen molar-refractivity contribution in [1.82, 2.24) is 4.90 Å². The first-order valence-corrected chi connectivity index (χ1v) is 6.12. The number of benzene rings is 1. The van der Waals surface area contributed by atoms with E-state index in [-0.39, 0.29) is 11.6 Å². The molecule has 3 nitrogen and oxygen atoms in total. The van der Waals surface area contributed by atoms with Gasteiger partial charge in [-0.05, 0) is 18.2 Å². The van der Waals surface area contributed by atoms with E-state index in [0.717, 1.165) is 32.8 Å². The second-order valence-corrected chi connectivity index (χ2v) is 4.43. The summed E-state index contributed by atoms with van der Waals surface area (Å²) in [6, 6.07) is 4.57. The van der Waals surface area contributed by atoms with Gasteiger partial charge in [0.15, 0.2) is 11.6 Å². The van der Waals surface area contributed by atoms with Gasteiger partial charge in [0.05, 0.1) is 13.2 Å². The number of halogens is 1. The van der Waals surface area contributed by atoms with Crippen molar-refractivity contribution in [2.24, 2.45) is 0 Å². The molecule has 0 aliphatic carbocycles. The van der Waals surface area contributed by atoms with E-state index < -0.39 is 0 Å². The van der Waals surface area contributed by atoms with Gasteiger partial charge in [0.25, 0.3) is 0 Å². The molecule has 1 fully saturated rings. The number of morpholine rings is 1. The largest absolute Gasteiger partial charge is 0.489 e. The Kier molecular flexibility index (Phi) is 4.65. The standard InChI is InChI=1S/C12H16FNO2S/c13-11-2-1-10(17)9-12(11)16-8-5-14-3-6-15-7-4-14/h1-2,9,17H,3-8H2. The highest BCUT2D eigenvalue weighted by Crippen LogP contribution is 2.20. The predicted molar refractivity (Wildman–Crippen MR) is 66.4 cm³/mol. The highest BCUT2D eigenvalue weighted by Gasteiger charge is 2.10. The Bertz CT molecular complexity index is 370. The zero-order valence-corrected chi connectivity index (χ0v) is 10.5. The topological polar surface area (TPSA) is 21.7 Å². The van der Waals surface area contributed by atoms with Crippen LogP contribution in [0.4, 0.5) is 4.39 Å². The van der Waals surface area contributed by atoms with E-state index in [1.807, 2.05) is 0 Å². The third kappa shape index (κ3) is 3.87. The van der Waals surface area contributed by atoms with Crippen molar-refractivity contribution in [3.05, 3.63) is 24.0 Å². The monoisotopic (exact) mass is 257 g/mol. The molecule has 0 aromatic heterocycles. The van der Waals surface area contributed by atoms with Crippen LogP contribution < -0.4 is 4.74 Å². The van der Waals surface area contributed by atoms with Gasteiger partial charge in [-0.2, -0.15) is 0 Å². The fourth-order valence-corrected chi connectivity index (χ4v) is 1.90. The molecular weight excluding hydrogens is 241 g/mol. The van der Waals surface area contributed by atoms with E-state index in [9.17, 15) is 4.39 Å². The molecule has 17 heavy (non-hydrogen) atoms. The summed E-state index contributed by atoms with van der Waals surface area (Å²) >= 11 is 4.15. The van der Waals surface area contributed by atoms with Crippen LogP contribution >= 0.6 is 12.6 Å². The summed E-state index contributed by atoms with van der Waals surface area (Å²) in [4.78, 5) is 2.94. The van der Waals surface area contributed by atoms with Gasteiger partial charge < -0.3 is 9.47 Å². The minimum atomic E-state index is -0.343. The maximum atomic E-state index is 13.3. The Labute approximate surface area is 106 Å². The average molecular weight is 257 g/mol. The molecule has 1 aliphatic rings. The SMILES string of the molecule is Fc1ccc(S)cc1OCCN1CCOCC1. The molecule has 0 amide bonds. The van der Waals surface area contributed by atoms with Gasteiger partial charge in [0.2, 0.25) is 0 Å². The van der Waals surface area contributed by atoms with E-state index in [0.29, 0.717) is 11.5 Å². The lowest BCUT2D eigenvalue weighted by Gasteiger charge is -2.26. The molecule has 1 saturated heterocycles. The highest BCUT2D eigenvalue weighted by molar-refractivity contribution is 7.80. The second-order valence-electron chi connectivity index (χ2n) is 3.92. The van der Waals surface area contributed by atoms with Crippen molar-refractivity contribution in [3.63, 3.8) is 0 Å². The lowest BCUT2D eigenvalue weighted by atomic mass is 10.3. The quantitative estimate of drug-likeness (QED) is 0.832. The Balaban J connectivity index is 1.79. The summed E-state index contributed by atoms with van der Waals surface area (Å²) in [5, 5.41) is 0. The number of hydrogen-bond acceptors (Lipinski definition) is 4. The first kappa shape index (κ1) is 12.7. The molecule has 0 unspecified atom stereocenters. The molecule has 0 saturated carbocycles. The minimum Gasteiger partial charge on any atom is -0.489 e. The van der Waals surface area contributed by atoms with Crippen molar-refractivity contribution >= 4 is 12.6 Å². The lowest BCUT2D eigenvalue weighted by molar-refractivity contribution is 0.0320. The third-order valence-electron chi connectivity index (χ3n) is 2.68. The van der Waals surface area contributed by atoms with E-state index in [2.05, 4.69) is 17.5 Å². The lowest BCUT2D eigenvalue weighted by Crippen LogP contribution is -2.38. The van der Waals surface area contributed by atoms with Gasteiger partial charge in [0.1, 0.15) is 6.61 Å². The molecule has 0 atom stereocenters. The maximum absolute atomic E-state index is 13.3. The molecule has 1 aromatic carbocycles. The summed E-state index contributed by atoms with van der Waals surface area (Å²) in [6.45, 7) is 4.63. The molecular formula is C12H16FNO2S. The zero-order valence-electron chi connectivity index (χ0n) is 9.56. The molecule has 0 spiro atoms. The smallest absolute Gasteiger partial charge is 0.165 e. The summed E-state index contributed by atoms with van der Waals surface area (Å²) in [5.74, 6) is -0.0736. The van der Waals surface area contributed by atoms with Crippen molar-refractivity contribution in [3.8, 4) is 5.75 Å². The molecule has 1 aromatic rings. The first-order chi connectivity index (χ1) is 8.25. The average Bonchev–Trinajstić information content (AvgIpc) is 2.35. The van der Waals surface area contributed by atoms with Crippen LogP contribution in [0.25, 0.3) is 0 Å². The number of ether oxygens (including phenoxy) is 2. The summed E-state index contributed by atoms with van der Waals surface area (Å²) in [7, 11) is 0. The maximum Gasteiger partial charge on any atom is 0.165 e. The van der Waals surface area contributed by atoms with Crippen LogP contribution in [-0.2, 0) is 4.74 Å². The van der Waals surface area contributed by atoms with E-state index in [1.54, 1.807) is 12.1 Å². The van der Waals surface area contributed by atoms with Gasteiger partial charge in [-0.15, -0.1) is 12.6 Å². The fourth-order valence-electron chi connectivity index (χ4n) is 1.71. The molecule has 2 rings (SSSR count). The Hall–Kier alpha value is -0.780. The van der Waals surface area contributed by atoms with Crippen LogP contribution in [0.5, 0.6) is 5.75 Å². The van der Waals surface area contributed by atoms with E-state index >= 15 is 0 Å². The Morgan fingerprint density at radius 2 is 2.12 bits per heavy atom. The van der Waals surface area contributed by atoms with Crippen LogP contribution in [0, 0.1) is 5.82 Å². The molecule has 0 N–H and O–H groups in total. The van der Waals surface area contributed by atoms with Gasteiger partial charge in [0, 0.05) is 24.5 Å². The molecule has 5 heteroatoms.